The zero-order valence-electron chi connectivity index (χ0n) is 23.7. The summed E-state index contributed by atoms with van der Waals surface area (Å²) in [4.78, 5) is 29.1. The lowest BCUT2D eigenvalue weighted by atomic mass is 10.0. The number of methoxy groups -OCH3 is 2. The fourth-order valence-electron chi connectivity index (χ4n) is 4.31. The normalized spacial score (nSPS) is 11.8. The second-order valence-electron chi connectivity index (χ2n) is 9.46. The Bertz CT molecular complexity index is 1440. The van der Waals surface area contributed by atoms with Gasteiger partial charge in [-0.1, -0.05) is 61.0 Å². The molecule has 2 amide bonds. The third kappa shape index (κ3) is 8.86. The summed E-state index contributed by atoms with van der Waals surface area (Å²) in [6.07, 6.45) is 1.97. The Labute approximate surface area is 247 Å². The lowest BCUT2D eigenvalue weighted by molar-refractivity contribution is -0.140. The maximum Gasteiger partial charge on any atom is 0.244 e. The summed E-state index contributed by atoms with van der Waals surface area (Å²) in [5.41, 5.74) is 1.77. The molecule has 0 saturated carbocycles. The minimum atomic E-state index is -3.92. The molecule has 0 aliphatic rings. The van der Waals surface area contributed by atoms with Crippen molar-refractivity contribution in [2.45, 2.75) is 32.4 Å². The zero-order chi connectivity index (χ0) is 30.0. The number of anilines is 1. The first-order valence-corrected chi connectivity index (χ1v) is 15.3. The van der Waals surface area contributed by atoms with Gasteiger partial charge in [0.2, 0.25) is 21.8 Å². The maximum atomic E-state index is 14.1. The van der Waals surface area contributed by atoms with Crippen LogP contribution in [0.1, 0.15) is 24.5 Å². The predicted molar refractivity (Wildman–Crippen MR) is 161 cm³/mol. The molecule has 0 heterocycles. The lowest BCUT2D eigenvalue weighted by Gasteiger charge is -2.33. The number of nitrogens with one attached hydrogen (secondary N) is 1. The van der Waals surface area contributed by atoms with Crippen molar-refractivity contribution in [1.29, 1.82) is 0 Å². The number of hydrogen-bond donors (Lipinski definition) is 1. The first-order chi connectivity index (χ1) is 19.6. The van der Waals surface area contributed by atoms with E-state index in [0.717, 1.165) is 21.7 Å². The van der Waals surface area contributed by atoms with Crippen LogP contribution in [0.5, 0.6) is 11.5 Å². The van der Waals surface area contributed by atoms with Crippen molar-refractivity contribution >= 4 is 39.1 Å². The summed E-state index contributed by atoms with van der Waals surface area (Å²) in [6.45, 7) is 1.88. The van der Waals surface area contributed by atoms with Gasteiger partial charge in [-0.25, -0.2) is 8.42 Å². The Morgan fingerprint density at radius 2 is 1.66 bits per heavy atom. The van der Waals surface area contributed by atoms with E-state index in [0.29, 0.717) is 24.5 Å². The van der Waals surface area contributed by atoms with Gasteiger partial charge in [0.15, 0.2) is 0 Å². The van der Waals surface area contributed by atoms with E-state index in [4.69, 9.17) is 21.1 Å². The number of rotatable bonds is 14. The number of halogens is 1. The van der Waals surface area contributed by atoms with Crippen LogP contribution in [0.4, 0.5) is 5.69 Å². The second kappa shape index (κ2) is 14.7. The minimum Gasteiger partial charge on any atom is -0.497 e. The third-order valence-corrected chi connectivity index (χ3v) is 7.85. The molecule has 3 aromatic carbocycles. The van der Waals surface area contributed by atoms with Crippen molar-refractivity contribution in [1.82, 2.24) is 10.2 Å². The standard InChI is InChI=1S/C30H36ClN3O6S/c1-5-16-32-30(36)27(18-22-10-7-6-8-11-22)33(20-23-12-9-13-25(17-23)39-2)29(35)21-34(41(4,37)38)24-14-15-28(40-3)26(31)19-24/h6-15,17,19,27H,5,16,18,20-21H2,1-4H3,(H,32,36)/t27-/m1/s1. The van der Waals surface area contributed by atoms with E-state index in [1.807, 2.05) is 43.3 Å². The van der Waals surface area contributed by atoms with Gasteiger partial charge in [-0.3, -0.25) is 13.9 Å². The molecular formula is C30H36ClN3O6S. The Morgan fingerprint density at radius 3 is 2.27 bits per heavy atom. The number of carbonyl (C=O) groups excluding carboxylic acids is 2. The van der Waals surface area contributed by atoms with Crippen molar-refractivity contribution in [3.8, 4) is 11.5 Å². The number of nitrogens with zero attached hydrogens (tertiary/aromatic N) is 2. The lowest BCUT2D eigenvalue weighted by Crippen LogP contribution is -2.53. The SMILES string of the molecule is CCCNC(=O)[C@@H](Cc1ccccc1)N(Cc1cccc(OC)c1)C(=O)CN(c1ccc(OC)c(Cl)c1)S(C)(=O)=O. The Kier molecular flexibility index (Phi) is 11.4. The van der Waals surface area contributed by atoms with E-state index < -0.39 is 28.5 Å². The number of sulfonamides is 1. The average molecular weight is 602 g/mol. The molecule has 41 heavy (non-hydrogen) atoms. The quantitative estimate of drug-likeness (QED) is 0.296. The average Bonchev–Trinajstić information content (AvgIpc) is 2.96. The van der Waals surface area contributed by atoms with Crippen molar-refractivity contribution in [2.24, 2.45) is 0 Å². The molecular weight excluding hydrogens is 566 g/mol. The molecule has 1 atom stereocenters. The van der Waals surface area contributed by atoms with Crippen LogP contribution in [0, 0.1) is 0 Å². The molecule has 0 saturated heterocycles. The van der Waals surface area contributed by atoms with Gasteiger partial charge in [0.1, 0.15) is 24.1 Å². The number of amides is 2. The molecule has 0 radical (unpaired) electrons. The summed E-state index contributed by atoms with van der Waals surface area (Å²) >= 11 is 6.28. The summed E-state index contributed by atoms with van der Waals surface area (Å²) in [6, 6.07) is 20.1. The fraction of sp³-hybridized carbons (Fsp3) is 0.333. The highest BCUT2D eigenvalue weighted by Gasteiger charge is 2.33. The Balaban J connectivity index is 2.06. The zero-order valence-corrected chi connectivity index (χ0v) is 25.2. The molecule has 0 bridgehead atoms. The van der Waals surface area contributed by atoms with Crippen molar-refractivity contribution in [3.05, 3.63) is 88.9 Å². The van der Waals surface area contributed by atoms with Crippen LogP contribution in [-0.2, 0) is 32.6 Å². The van der Waals surface area contributed by atoms with Crippen molar-refractivity contribution in [2.75, 3.05) is 37.9 Å². The van der Waals surface area contributed by atoms with Gasteiger partial charge in [-0.05, 0) is 47.9 Å². The summed E-state index contributed by atoms with van der Waals surface area (Å²) < 4.78 is 37.4. The van der Waals surface area contributed by atoms with E-state index in [1.54, 1.807) is 25.3 Å². The van der Waals surface area contributed by atoms with Gasteiger partial charge in [-0.15, -0.1) is 0 Å². The van der Waals surface area contributed by atoms with Crippen LogP contribution in [0.15, 0.2) is 72.8 Å². The highest BCUT2D eigenvalue weighted by Crippen LogP contribution is 2.30. The number of carbonyl (C=O) groups is 2. The van der Waals surface area contributed by atoms with E-state index >= 15 is 0 Å². The fourth-order valence-corrected chi connectivity index (χ4v) is 5.41. The van der Waals surface area contributed by atoms with Gasteiger partial charge in [0.05, 0.1) is 31.2 Å². The highest BCUT2D eigenvalue weighted by molar-refractivity contribution is 7.92. The molecule has 9 nitrogen and oxygen atoms in total. The minimum absolute atomic E-state index is 0.0497. The van der Waals surface area contributed by atoms with Gasteiger partial charge in [0.25, 0.3) is 0 Å². The summed E-state index contributed by atoms with van der Waals surface area (Å²) in [5.74, 6) is 0.0732. The largest absolute Gasteiger partial charge is 0.497 e. The third-order valence-electron chi connectivity index (χ3n) is 6.41. The summed E-state index contributed by atoms with van der Waals surface area (Å²) in [5, 5.41) is 3.11. The Morgan fingerprint density at radius 1 is 0.951 bits per heavy atom. The first kappa shape index (κ1) is 31.8. The molecule has 11 heteroatoms. The molecule has 0 spiro atoms. The Hall–Kier alpha value is -3.76. The van der Waals surface area contributed by atoms with Crippen LogP contribution in [-0.4, -0.2) is 64.7 Å². The van der Waals surface area contributed by atoms with Crippen LogP contribution < -0.4 is 19.1 Å². The number of ether oxygens (including phenoxy) is 2. The van der Waals surface area contributed by atoms with E-state index in [9.17, 15) is 18.0 Å². The van der Waals surface area contributed by atoms with E-state index in [2.05, 4.69) is 5.32 Å². The molecule has 3 aromatic rings. The van der Waals surface area contributed by atoms with Gasteiger partial charge in [-0.2, -0.15) is 0 Å². The molecule has 0 aliphatic carbocycles. The number of hydrogen-bond acceptors (Lipinski definition) is 6. The molecule has 220 valence electrons. The van der Waals surface area contributed by atoms with Crippen molar-refractivity contribution < 1.29 is 27.5 Å². The molecule has 0 aliphatic heterocycles. The topological polar surface area (TPSA) is 105 Å². The van der Waals surface area contributed by atoms with Gasteiger partial charge in [0, 0.05) is 19.5 Å². The molecule has 1 N–H and O–H groups in total. The summed E-state index contributed by atoms with van der Waals surface area (Å²) in [7, 11) is -0.925. The van der Waals surface area contributed by atoms with E-state index in [-0.39, 0.29) is 29.6 Å². The van der Waals surface area contributed by atoms with Crippen molar-refractivity contribution in [3.63, 3.8) is 0 Å². The molecule has 0 fully saturated rings. The van der Waals surface area contributed by atoms with Crippen LogP contribution in [0.2, 0.25) is 5.02 Å². The van der Waals surface area contributed by atoms with E-state index in [1.165, 1.54) is 30.2 Å². The highest BCUT2D eigenvalue weighted by atomic mass is 35.5. The smallest absolute Gasteiger partial charge is 0.244 e. The predicted octanol–water partition coefficient (Wildman–Crippen LogP) is 4.29. The van der Waals surface area contributed by atoms with Gasteiger partial charge >= 0.3 is 0 Å². The second-order valence-corrected chi connectivity index (χ2v) is 11.8. The van der Waals surface area contributed by atoms with Crippen LogP contribution in [0.3, 0.4) is 0 Å². The molecule has 3 rings (SSSR count). The molecule has 0 aromatic heterocycles. The van der Waals surface area contributed by atoms with Crippen LogP contribution >= 0.6 is 11.6 Å². The van der Waals surface area contributed by atoms with Crippen LogP contribution in [0.25, 0.3) is 0 Å². The monoisotopic (exact) mass is 601 g/mol. The maximum absolute atomic E-state index is 14.1. The number of benzene rings is 3. The molecule has 0 unspecified atom stereocenters. The first-order valence-electron chi connectivity index (χ1n) is 13.1. The van der Waals surface area contributed by atoms with Gasteiger partial charge < -0.3 is 19.7 Å².